The Bertz CT molecular complexity index is 914. The molecule has 0 radical (unpaired) electrons. The lowest BCUT2D eigenvalue weighted by Gasteiger charge is -2.29. The van der Waals surface area contributed by atoms with E-state index in [1.807, 2.05) is 30.0 Å². The van der Waals surface area contributed by atoms with Crippen LogP contribution >= 0.6 is 0 Å². The molecule has 8 nitrogen and oxygen atoms in total. The Kier molecular flexibility index (Phi) is 6.77. The molecule has 2 heterocycles. The van der Waals surface area contributed by atoms with Crippen LogP contribution in [0, 0.1) is 6.92 Å². The molecule has 1 aliphatic rings. The van der Waals surface area contributed by atoms with Crippen molar-refractivity contribution in [2.24, 2.45) is 5.73 Å². The van der Waals surface area contributed by atoms with Gasteiger partial charge in [-0.1, -0.05) is 25.0 Å². The van der Waals surface area contributed by atoms with Gasteiger partial charge in [0.15, 0.2) is 0 Å². The van der Waals surface area contributed by atoms with E-state index in [1.165, 1.54) is 0 Å². The molecule has 1 aliphatic heterocycles. The van der Waals surface area contributed by atoms with E-state index in [4.69, 9.17) is 5.73 Å². The second-order valence-electron chi connectivity index (χ2n) is 7.43. The summed E-state index contributed by atoms with van der Waals surface area (Å²) in [6, 6.07) is 6.70. The van der Waals surface area contributed by atoms with Crippen molar-refractivity contribution in [2.75, 3.05) is 19.6 Å². The topological polar surface area (TPSA) is 117 Å². The molecule has 0 aliphatic carbocycles. The number of nitrogens with one attached hydrogen (secondary N) is 2. The molecule has 1 fully saturated rings. The smallest absolute Gasteiger partial charge is 0.318 e. The molecular formula is C21H27N5O3. The van der Waals surface area contributed by atoms with Crippen LogP contribution in [0.25, 0.3) is 10.9 Å². The molecule has 1 saturated heterocycles. The van der Waals surface area contributed by atoms with Gasteiger partial charge < -0.3 is 11.1 Å². The van der Waals surface area contributed by atoms with Gasteiger partial charge in [-0.3, -0.25) is 24.8 Å². The molecule has 0 saturated carbocycles. The highest BCUT2D eigenvalue weighted by Crippen LogP contribution is 2.21. The first-order valence-corrected chi connectivity index (χ1v) is 9.91. The van der Waals surface area contributed by atoms with Crippen molar-refractivity contribution in [1.82, 2.24) is 20.5 Å². The number of aryl methyl sites for hydroxylation is 1. The third-order valence-corrected chi connectivity index (χ3v) is 5.34. The van der Waals surface area contributed by atoms with E-state index in [0.29, 0.717) is 17.6 Å². The van der Waals surface area contributed by atoms with Gasteiger partial charge in [0.2, 0.25) is 5.91 Å². The van der Waals surface area contributed by atoms with Crippen LogP contribution in [0.5, 0.6) is 0 Å². The van der Waals surface area contributed by atoms with Crippen LogP contribution in [0.2, 0.25) is 0 Å². The number of urea groups is 1. The van der Waals surface area contributed by atoms with E-state index in [1.54, 1.807) is 12.3 Å². The number of primary amides is 1. The van der Waals surface area contributed by atoms with Crippen molar-refractivity contribution in [1.29, 1.82) is 0 Å². The highest BCUT2D eigenvalue weighted by molar-refractivity contribution is 6.06. The van der Waals surface area contributed by atoms with E-state index in [-0.39, 0.29) is 18.5 Å². The number of fused-ring (bicyclic) bond motifs is 1. The zero-order valence-corrected chi connectivity index (χ0v) is 16.6. The summed E-state index contributed by atoms with van der Waals surface area (Å²) in [7, 11) is 0. The van der Waals surface area contributed by atoms with Gasteiger partial charge in [0.25, 0.3) is 5.91 Å². The number of hydrogen-bond donors (Lipinski definition) is 3. The number of pyridine rings is 1. The zero-order chi connectivity index (χ0) is 20.8. The van der Waals surface area contributed by atoms with Crippen molar-refractivity contribution >= 4 is 28.7 Å². The van der Waals surface area contributed by atoms with Gasteiger partial charge in [0.05, 0.1) is 17.6 Å². The number of likely N-dealkylation sites (tertiary alicyclic amines) is 1. The number of rotatable bonds is 5. The highest BCUT2D eigenvalue weighted by atomic mass is 16.2. The van der Waals surface area contributed by atoms with Crippen LogP contribution in [0.3, 0.4) is 0 Å². The van der Waals surface area contributed by atoms with Crippen molar-refractivity contribution in [3.8, 4) is 0 Å². The molecule has 4 amide bonds. The number of nitrogens with two attached hydrogens (primary N) is 1. The molecule has 3 rings (SSSR count). The maximum Gasteiger partial charge on any atom is 0.318 e. The summed E-state index contributed by atoms with van der Waals surface area (Å²) in [5, 5.41) is 6.08. The largest absolute Gasteiger partial charge is 0.351 e. The van der Waals surface area contributed by atoms with Crippen LogP contribution in [0.4, 0.5) is 4.79 Å². The van der Waals surface area contributed by atoms with Gasteiger partial charge in [0.1, 0.15) is 0 Å². The van der Waals surface area contributed by atoms with Crippen LogP contribution in [0.1, 0.15) is 41.6 Å². The molecule has 0 spiro atoms. The molecule has 1 aromatic carbocycles. The molecule has 8 heteroatoms. The summed E-state index contributed by atoms with van der Waals surface area (Å²) in [6.45, 7) is 3.23. The average Bonchev–Trinajstić information content (AvgIpc) is 2.91. The van der Waals surface area contributed by atoms with Gasteiger partial charge in [-0.15, -0.1) is 0 Å². The SMILES string of the molecule is Cc1ccc(C(=O)NCC2CCCCCN2CC(=O)NC(N)=O)c2ncccc12. The van der Waals surface area contributed by atoms with E-state index < -0.39 is 11.9 Å². The van der Waals surface area contributed by atoms with E-state index in [9.17, 15) is 14.4 Å². The molecule has 1 atom stereocenters. The maximum absolute atomic E-state index is 12.9. The highest BCUT2D eigenvalue weighted by Gasteiger charge is 2.24. The predicted octanol–water partition coefficient (Wildman–Crippen LogP) is 1.71. The second kappa shape index (κ2) is 9.47. The third-order valence-electron chi connectivity index (χ3n) is 5.34. The van der Waals surface area contributed by atoms with Crippen LogP contribution in [-0.2, 0) is 4.79 Å². The number of aromatic nitrogens is 1. The monoisotopic (exact) mass is 397 g/mol. The standard InChI is InChI=1S/C21H27N5O3/c1-14-8-9-17(19-16(14)7-5-10-23-19)20(28)24-12-15-6-3-2-4-11-26(15)13-18(27)25-21(22)29/h5,7-10,15H,2-4,6,11-13H2,1H3,(H,24,28)(H3,22,25,27,29). The second-order valence-corrected chi connectivity index (χ2v) is 7.43. The Morgan fingerprint density at radius 3 is 2.83 bits per heavy atom. The maximum atomic E-state index is 12.9. The zero-order valence-electron chi connectivity index (χ0n) is 16.6. The Balaban J connectivity index is 1.69. The van der Waals surface area contributed by atoms with Crippen LogP contribution in [-0.4, -0.2) is 53.4 Å². The van der Waals surface area contributed by atoms with Gasteiger partial charge >= 0.3 is 6.03 Å². The molecule has 1 aromatic heterocycles. The van der Waals surface area contributed by atoms with Gasteiger partial charge in [-0.2, -0.15) is 0 Å². The number of nitrogens with zero attached hydrogens (tertiary/aromatic N) is 2. The molecule has 2 aromatic rings. The molecule has 0 bridgehead atoms. The molecule has 4 N–H and O–H groups in total. The van der Waals surface area contributed by atoms with Gasteiger partial charge in [-0.25, -0.2) is 4.79 Å². The molecular weight excluding hydrogens is 370 g/mol. The van der Waals surface area contributed by atoms with Crippen molar-refractivity contribution in [2.45, 2.75) is 38.6 Å². The average molecular weight is 397 g/mol. The Labute approximate surface area is 169 Å². The summed E-state index contributed by atoms with van der Waals surface area (Å²) in [5.41, 5.74) is 7.32. The van der Waals surface area contributed by atoms with E-state index in [2.05, 4.69) is 15.6 Å². The van der Waals surface area contributed by atoms with Crippen LogP contribution < -0.4 is 16.4 Å². The first-order chi connectivity index (χ1) is 14.0. The molecule has 154 valence electrons. The fourth-order valence-corrected chi connectivity index (χ4v) is 3.84. The summed E-state index contributed by atoms with van der Waals surface area (Å²) in [6.07, 6.45) is 5.63. The molecule has 1 unspecified atom stereocenters. The number of imide groups is 1. The lowest BCUT2D eigenvalue weighted by molar-refractivity contribution is -0.121. The van der Waals surface area contributed by atoms with Crippen molar-refractivity contribution in [3.63, 3.8) is 0 Å². The minimum atomic E-state index is -0.853. The van der Waals surface area contributed by atoms with Crippen LogP contribution in [0.15, 0.2) is 30.5 Å². The van der Waals surface area contributed by atoms with E-state index >= 15 is 0 Å². The first-order valence-electron chi connectivity index (χ1n) is 9.91. The Morgan fingerprint density at radius 1 is 1.21 bits per heavy atom. The lowest BCUT2D eigenvalue weighted by Crippen LogP contribution is -2.49. The number of benzene rings is 1. The van der Waals surface area contributed by atoms with Gasteiger partial charge in [0, 0.05) is 24.2 Å². The lowest BCUT2D eigenvalue weighted by atomic mass is 10.0. The number of hydrogen-bond acceptors (Lipinski definition) is 5. The van der Waals surface area contributed by atoms with Gasteiger partial charge in [-0.05, 0) is 44.0 Å². The first kappa shape index (κ1) is 20.7. The van der Waals surface area contributed by atoms with Crippen molar-refractivity contribution in [3.05, 3.63) is 41.6 Å². The number of carbonyl (C=O) groups is 3. The fraction of sp³-hybridized carbons (Fsp3) is 0.429. The summed E-state index contributed by atoms with van der Waals surface area (Å²) < 4.78 is 0. The predicted molar refractivity (Wildman–Crippen MR) is 110 cm³/mol. The van der Waals surface area contributed by atoms with Crippen molar-refractivity contribution < 1.29 is 14.4 Å². The normalized spacial score (nSPS) is 17.5. The quantitative estimate of drug-likeness (QED) is 0.710. The van der Waals surface area contributed by atoms with E-state index in [0.717, 1.165) is 43.2 Å². The minimum Gasteiger partial charge on any atom is -0.351 e. The summed E-state index contributed by atoms with van der Waals surface area (Å²) in [4.78, 5) is 42.1. The minimum absolute atomic E-state index is 0.0183. The fourth-order valence-electron chi connectivity index (χ4n) is 3.84. The number of carbonyl (C=O) groups excluding carboxylic acids is 3. The molecule has 29 heavy (non-hydrogen) atoms. The Morgan fingerprint density at radius 2 is 2.03 bits per heavy atom. The summed E-state index contributed by atoms with van der Waals surface area (Å²) >= 11 is 0. The third kappa shape index (κ3) is 5.29. The number of amides is 4. The Hall–Kier alpha value is -3.00. The summed E-state index contributed by atoms with van der Waals surface area (Å²) in [5.74, 6) is -0.607.